The van der Waals surface area contributed by atoms with E-state index in [0.29, 0.717) is 57.2 Å². The van der Waals surface area contributed by atoms with Crippen molar-refractivity contribution in [1.82, 2.24) is 19.0 Å². The quantitative estimate of drug-likeness (QED) is 0.197. The molecule has 2 fully saturated rings. The second-order valence-electron chi connectivity index (χ2n) is 10.3. The van der Waals surface area contributed by atoms with Crippen molar-refractivity contribution in [3.8, 4) is 28.4 Å². The number of sulfonamides is 1. The molecule has 1 aromatic heterocycles. The van der Waals surface area contributed by atoms with Crippen molar-refractivity contribution in [1.29, 1.82) is 0 Å². The average molecular weight is 631 g/mol. The summed E-state index contributed by atoms with van der Waals surface area (Å²) < 4.78 is 41.3. The molecule has 0 unspecified atom stereocenters. The molecule has 0 aliphatic carbocycles. The Bertz CT molecular complexity index is 1880. The molecule has 43 heavy (non-hydrogen) atoms. The van der Waals surface area contributed by atoms with Gasteiger partial charge in [-0.05, 0) is 60.9 Å². The maximum absolute atomic E-state index is 13.6. The Morgan fingerprint density at radius 3 is 2.56 bits per heavy atom. The van der Waals surface area contributed by atoms with Gasteiger partial charge in [0.05, 0.1) is 22.0 Å². The number of carbonyl (C=O) groups excluding carboxylic acids is 1. The number of aromatic nitrogens is 2. The number of hydrogen-bond donors (Lipinski definition) is 0. The minimum absolute atomic E-state index is 0.175. The third kappa shape index (κ3) is 5.35. The minimum Gasteiger partial charge on any atom is -0.454 e. The van der Waals surface area contributed by atoms with E-state index in [9.17, 15) is 13.2 Å². The lowest BCUT2D eigenvalue weighted by Gasteiger charge is -2.16. The summed E-state index contributed by atoms with van der Waals surface area (Å²) in [6, 6.07) is 22.0. The Hall–Kier alpha value is -3.97. The van der Waals surface area contributed by atoms with E-state index < -0.39 is 10.0 Å². The van der Waals surface area contributed by atoms with Crippen molar-refractivity contribution >= 4 is 50.3 Å². The maximum atomic E-state index is 13.6. The van der Waals surface area contributed by atoms with Crippen LogP contribution in [0.15, 0.2) is 88.8 Å². The van der Waals surface area contributed by atoms with E-state index in [4.69, 9.17) is 26.8 Å². The number of rotatable bonds is 7. The lowest BCUT2D eigenvalue weighted by Crippen LogP contribution is -2.27. The van der Waals surface area contributed by atoms with Crippen molar-refractivity contribution in [2.24, 2.45) is 0 Å². The van der Waals surface area contributed by atoms with Crippen LogP contribution in [-0.4, -0.2) is 57.5 Å². The average Bonchev–Trinajstić information content (AvgIpc) is 3.84. The summed E-state index contributed by atoms with van der Waals surface area (Å²) >= 11 is 6.83. The zero-order valence-electron chi connectivity index (χ0n) is 22.9. The molecule has 2 saturated heterocycles. The van der Waals surface area contributed by atoms with Crippen LogP contribution < -0.4 is 9.47 Å². The molecule has 0 radical (unpaired) electrons. The summed E-state index contributed by atoms with van der Waals surface area (Å²) in [7, 11) is -3.62. The number of nitrogens with zero attached hydrogens (tertiary/aromatic N) is 4. The van der Waals surface area contributed by atoms with Gasteiger partial charge in [-0.2, -0.15) is 9.40 Å². The molecule has 3 aliphatic heterocycles. The molecular formula is C31H26N4O5S3. The number of thioether (sulfide) groups is 1. The Morgan fingerprint density at radius 1 is 0.953 bits per heavy atom. The molecule has 4 aromatic rings. The first-order chi connectivity index (χ1) is 20.9. The molecule has 0 spiro atoms. The fourth-order valence-electron chi connectivity index (χ4n) is 5.31. The smallest absolute Gasteiger partial charge is 0.266 e. The third-order valence-electron chi connectivity index (χ3n) is 7.51. The van der Waals surface area contributed by atoms with Gasteiger partial charge in [0.2, 0.25) is 16.8 Å². The minimum atomic E-state index is -3.62. The second-order valence-corrected chi connectivity index (χ2v) is 13.9. The highest BCUT2D eigenvalue weighted by molar-refractivity contribution is 8.26. The molecule has 3 aromatic carbocycles. The maximum Gasteiger partial charge on any atom is 0.266 e. The monoisotopic (exact) mass is 630 g/mol. The van der Waals surface area contributed by atoms with Crippen LogP contribution in [0.5, 0.6) is 11.5 Å². The number of carbonyl (C=O) groups is 1. The van der Waals surface area contributed by atoms with Crippen molar-refractivity contribution in [3.05, 3.63) is 95.0 Å². The lowest BCUT2D eigenvalue weighted by atomic mass is 10.1. The van der Waals surface area contributed by atoms with Gasteiger partial charge in [0, 0.05) is 30.4 Å². The molecule has 9 nitrogen and oxygen atoms in total. The number of hydrogen-bond acceptors (Lipinski definition) is 8. The van der Waals surface area contributed by atoms with E-state index >= 15 is 0 Å². The summed E-state index contributed by atoms with van der Waals surface area (Å²) in [6.45, 7) is 1.52. The number of fused-ring (bicyclic) bond motifs is 1. The van der Waals surface area contributed by atoms with Crippen LogP contribution in [-0.2, 0) is 21.4 Å². The van der Waals surface area contributed by atoms with Crippen LogP contribution in [0.25, 0.3) is 23.0 Å². The number of thiocarbonyl (C=S) groups is 1. The van der Waals surface area contributed by atoms with Gasteiger partial charge < -0.3 is 9.47 Å². The Balaban J connectivity index is 1.24. The van der Waals surface area contributed by atoms with Crippen LogP contribution in [0, 0.1) is 0 Å². The second kappa shape index (κ2) is 11.3. The molecular weight excluding hydrogens is 605 g/mol. The Labute approximate surface area is 258 Å². The predicted molar refractivity (Wildman–Crippen MR) is 168 cm³/mol. The van der Waals surface area contributed by atoms with Crippen molar-refractivity contribution in [2.45, 2.75) is 24.3 Å². The van der Waals surface area contributed by atoms with E-state index in [0.717, 1.165) is 24.1 Å². The number of amides is 1. The van der Waals surface area contributed by atoms with E-state index in [1.807, 2.05) is 60.8 Å². The Morgan fingerprint density at radius 2 is 1.74 bits per heavy atom. The first kappa shape index (κ1) is 27.8. The summed E-state index contributed by atoms with van der Waals surface area (Å²) in [5, 5.41) is 4.85. The van der Waals surface area contributed by atoms with Gasteiger partial charge in [-0.15, -0.1) is 0 Å². The highest BCUT2D eigenvalue weighted by atomic mass is 32.2. The van der Waals surface area contributed by atoms with Gasteiger partial charge in [0.25, 0.3) is 5.91 Å². The van der Waals surface area contributed by atoms with Crippen molar-refractivity contribution < 1.29 is 22.7 Å². The van der Waals surface area contributed by atoms with Crippen LogP contribution in [0.2, 0.25) is 0 Å². The van der Waals surface area contributed by atoms with Crippen LogP contribution in [0.4, 0.5) is 0 Å². The zero-order valence-corrected chi connectivity index (χ0v) is 25.3. The first-order valence-corrected chi connectivity index (χ1v) is 16.4. The largest absolute Gasteiger partial charge is 0.454 e. The molecule has 7 rings (SSSR count). The predicted octanol–water partition coefficient (Wildman–Crippen LogP) is 5.45. The molecule has 0 atom stereocenters. The summed E-state index contributed by atoms with van der Waals surface area (Å²) in [4.78, 5) is 15.8. The normalized spacial score (nSPS) is 17.9. The lowest BCUT2D eigenvalue weighted by molar-refractivity contribution is -0.122. The van der Waals surface area contributed by atoms with Gasteiger partial charge in [-0.1, -0.05) is 60.4 Å². The van der Waals surface area contributed by atoms with E-state index in [2.05, 4.69) is 0 Å². The molecule has 0 saturated carbocycles. The Kier molecular flexibility index (Phi) is 7.29. The van der Waals surface area contributed by atoms with Gasteiger partial charge in [-0.25, -0.2) is 13.1 Å². The standard InChI is InChI=1S/C31H26N4O5S3/c36-30-28(42-31(41)34(30)18-21-11-12-26-27(15-21)40-20-39-26)17-23-19-35(24-8-2-1-3-9-24)32-29(23)22-7-6-10-25(16-22)43(37,38)33-13-4-5-14-33/h1-3,6-12,15-17,19H,4-5,13-14,18,20H2/b28-17-. The third-order valence-corrected chi connectivity index (χ3v) is 10.8. The van der Waals surface area contributed by atoms with Crippen LogP contribution in [0.3, 0.4) is 0 Å². The molecule has 218 valence electrons. The summed E-state index contributed by atoms with van der Waals surface area (Å²) in [5.74, 6) is 1.11. The molecule has 3 aliphatic rings. The summed E-state index contributed by atoms with van der Waals surface area (Å²) in [5.41, 5.74) is 3.57. The zero-order chi connectivity index (χ0) is 29.6. The molecule has 12 heteroatoms. The molecule has 1 amide bonds. The highest BCUT2D eigenvalue weighted by Gasteiger charge is 2.33. The van der Waals surface area contributed by atoms with Gasteiger partial charge in [0.15, 0.2) is 11.5 Å². The molecule has 0 N–H and O–H groups in total. The van der Waals surface area contributed by atoms with Gasteiger partial charge >= 0.3 is 0 Å². The van der Waals surface area contributed by atoms with Crippen molar-refractivity contribution in [2.75, 3.05) is 19.9 Å². The number of benzene rings is 3. The topological polar surface area (TPSA) is 94.0 Å². The SMILES string of the molecule is O=C1/C(=C/c2cn(-c3ccccc3)nc2-c2cccc(S(=O)(=O)N3CCCC3)c2)SC(=S)N1Cc1ccc2c(c1)OCO2. The van der Waals surface area contributed by atoms with Crippen LogP contribution >= 0.6 is 24.0 Å². The van der Waals surface area contributed by atoms with E-state index in [1.54, 1.807) is 33.9 Å². The molecule has 0 bridgehead atoms. The highest BCUT2D eigenvalue weighted by Crippen LogP contribution is 2.38. The first-order valence-electron chi connectivity index (χ1n) is 13.8. The van der Waals surface area contributed by atoms with Crippen LogP contribution in [0.1, 0.15) is 24.0 Å². The van der Waals surface area contributed by atoms with Crippen molar-refractivity contribution in [3.63, 3.8) is 0 Å². The molecule has 4 heterocycles. The van der Waals surface area contributed by atoms with Gasteiger partial charge in [-0.3, -0.25) is 9.69 Å². The van der Waals surface area contributed by atoms with E-state index in [1.165, 1.54) is 16.1 Å². The number of para-hydroxylation sites is 1. The van der Waals surface area contributed by atoms with E-state index in [-0.39, 0.29) is 17.6 Å². The van der Waals surface area contributed by atoms with Gasteiger partial charge in [0.1, 0.15) is 10.0 Å². The number of ether oxygens (including phenoxy) is 2. The fraction of sp³-hybridized carbons (Fsp3) is 0.194. The summed E-state index contributed by atoms with van der Waals surface area (Å²) in [6.07, 6.45) is 5.34. The fourth-order valence-corrected chi connectivity index (χ4v) is 8.12.